The fraction of sp³-hybridized carbons (Fsp3) is 0.364. The monoisotopic (exact) mass is 289 g/mol. The Kier molecular flexibility index (Phi) is 5.40. The highest BCUT2D eigenvalue weighted by molar-refractivity contribution is 7.89. The number of hydrogen-bond acceptors (Lipinski definition) is 4. The van der Waals surface area contributed by atoms with Crippen molar-refractivity contribution in [1.29, 1.82) is 0 Å². The average molecular weight is 289 g/mol. The zero-order valence-electron chi connectivity index (χ0n) is 10.7. The number of rotatable bonds is 6. The van der Waals surface area contributed by atoms with E-state index < -0.39 is 21.7 Å². The van der Waals surface area contributed by atoms with Gasteiger partial charge in [0.1, 0.15) is 5.82 Å². The number of nitrogens with one attached hydrogen (secondary N) is 3. The van der Waals surface area contributed by atoms with Crippen molar-refractivity contribution in [3.63, 3.8) is 0 Å². The zero-order chi connectivity index (χ0) is 14.5. The molecule has 0 atom stereocenters. The zero-order valence-corrected chi connectivity index (χ0v) is 11.5. The lowest BCUT2D eigenvalue weighted by Gasteiger charge is -2.09. The molecule has 1 rings (SSSR count). The van der Waals surface area contributed by atoms with Gasteiger partial charge in [-0.1, -0.05) is 0 Å². The number of hydrogen-bond donors (Lipinski definition) is 3. The lowest BCUT2D eigenvalue weighted by molar-refractivity contribution is -0.114. The van der Waals surface area contributed by atoms with E-state index in [1.165, 1.54) is 6.92 Å². The summed E-state index contributed by atoms with van der Waals surface area (Å²) in [6.07, 6.45) is 0. The Hall–Kier alpha value is -1.51. The number of carbonyl (C=O) groups is 1. The third kappa shape index (κ3) is 4.58. The van der Waals surface area contributed by atoms with E-state index in [0.29, 0.717) is 6.54 Å². The minimum atomic E-state index is -3.72. The van der Waals surface area contributed by atoms with Crippen molar-refractivity contribution in [2.24, 2.45) is 0 Å². The second kappa shape index (κ2) is 6.60. The molecule has 0 bridgehead atoms. The quantitative estimate of drug-likeness (QED) is 0.657. The van der Waals surface area contributed by atoms with Gasteiger partial charge in [0.15, 0.2) is 0 Å². The largest absolute Gasteiger partial charge is 0.324 e. The molecule has 0 unspecified atom stereocenters. The van der Waals surface area contributed by atoms with Crippen LogP contribution in [-0.4, -0.2) is 34.5 Å². The molecule has 106 valence electrons. The molecule has 0 aliphatic carbocycles. The van der Waals surface area contributed by atoms with Crippen LogP contribution in [0.2, 0.25) is 0 Å². The van der Waals surface area contributed by atoms with Gasteiger partial charge in [-0.2, -0.15) is 0 Å². The molecule has 0 saturated heterocycles. The molecule has 0 aromatic heterocycles. The van der Waals surface area contributed by atoms with Gasteiger partial charge in [-0.15, -0.1) is 0 Å². The number of amides is 1. The van der Waals surface area contributed by atoms with Crippen LogP contribution < -0.4 is 15.4 Å². The molecule has 0 spiro atoms. The van der Waals surface area contributed by atoms with Gasteiger partial charge >= 0.3 is 0 Å². The molecule has 8 heteroatoms. The van der Waals surface area contributed by atoms with Crippen LogP contribution in [-0.2, 0) is 14.8 Å². The van der Waals surface area contributed by atoms with Gasteiger partial charge in [0.05, 0.1) is 10.6 Å². The van der Waals surface area contributed by atoms with Gasteiger partial charge in [0, 0.05) is 20.0 Å². The molecule has 3 N–H and O–H groups in total. The fourth-order valence-corrected chi connectivity index (χ4v) is 2.41. The molecule has 1 aromatic carbocycles. The van der Waals surface area contributed by atoms with Crippen LogP contribution in [0.15, 0.2) is 23.1 Å². The molecule has 0 saturated carbocycles. The maximum Gasteiger partial charge on any atom is 0.240 e. The standard InChI is InChI=1S/C11H16FN3O3S/c1-8(16)15-11-7-9(3-4-10(11)12)19(17,18)14-6-5-13-2/h3-4,7,13-14H,5-6H2,1-2H3,(H,15,16). The summed E-state index contributed by atoms with van der Waals surface area (Å²) in [7, 11) is -2.02. The van der Waals surface area contributed by atoms with Gasteiger partial charge in [0.2, 0.25) is 15.9 Å². The van der Waals surface area contributed by atoms with Crippen LogP contribution in [0, 0.1) is 5.82 Å². The van der Waals surface area contributed by atoms with Gasteiger partial charge in [-0.05, 0) is 25.2 Å². The van der Waals surface area contributed by atoms with Crippen molar-refractivity contribution in [2.75, 3.05) is 25.5 Å². The van der Waals surface area contributed by atoms with Crippen molar-refractivity contribution in [2.45, 2.75) is 11.8 Å². The molecule has 1 amide bonds. The van der Waals surface area contributed by atoms with Gasteiger partial charge in [-0.3, -0.25) is 4.79 Å². The number of anilines is 1. The van der Waals surface area contributed by atoms with Crippen LogP contribution >= 0.6 is 0 Å². The minimum Gasteiger partial charge on any atom is -0.324 e. The predicted molar refractivity (Wildman–Crippen MR) is 69.8 cm³/mol. The smallest absolute Gasteiger partial charge is 0.240 e. The van der Waals surface area contributed by atoms with E-state index in [9.17, 15) is 17.6 Å². The van der Waals surface area contributed by atoms with E-state index in [2.05, 4.69) is 15.4 Å². The van der Waals surface area contributed by atoms with E-state index in [4.69, 9.17) is 0 Å². The molecular weight excluding hydrogens is 273 g/mol. The number of carbonyl (C=O) groups excluding carboxylic acids is 1. The lowest BCUT2D eigenvalue weighted by atomic mass is 10.3. The maximum absolute atomic E-state index is 13.4. The van der Waals surface area contributed by atoms with Crippen LogP contribution in [0.1, 0.15) is 6.92 Å². The van der Waals surface area contributed by atoms with Crippen molar-refractivity contribution >= 4 is 21.6 Å². The van der Waals surface area contributed by atoms with Crippen molar-refractivity contribution < 1.29 is 17.6 Å². The van der Waals surface area contributed by atoms with Crippen molar-refractivity contribution in [1.82, 2.24) is 10.0 Å². The van der Waals surface area contributed by atoms with Crippen LogP contribution in [0.25, 0.3) is 0 Å². The summed E-state index contributed by atoms with van der Waals surface area (Å²) < 4.78 is 39.5. The normalized spacial score (nSPS) is 11.3. The highest BCUT2D eigenvalue weighted by atomic mass is 32.2. The Bertz CT molecular complexity index is 560. The third-order valence-corrected chi connectivity index (χ3v) is 3.68. The van der Waals surface area contributed by atoms with Gasteiger partial charge < -0.3 is 10.6 Å². The van der Waals surface area contributed by atoms with Crippen molar-refractivity contribution in [3.8, 4) is 0 Å². The summed E-state index contributed by atoms with van der Waals surface area (Å²) in [5.74, 6) is -1.17. The average Bonchev–Trinajstić information content (AvgIpc) is 2.31. The molecule has 0 aliphatic rings. The molecule has 0 radical (unpaired) electrons. The topological polar surface area (TPSA) is 87.3 Å². The maximum atomic E-state index is 13.4. The summed E-state index contributed by atoms with van der Waals surface area (Å²) in [6.45, 7) is 1.90. The minimum absolute atomic E-state index is 0.103. The van der Waals surface area contributed by atoms with Crippen LogP contribution in [0.5, 0.6) is 0 Å². The SMILES string of the molecule is CNCCNS(=O)(=O)c1ccc(F)c(NC(C)=O)c1. The Morgan fingerprint density at radius 2 is 2.00 bits per heavy atom. The Morgan fingerprint density at radius 1 is 1.32 bits per heavy atom. The number of sulfonamides is 1. The van der Waals surface area contributed by atoms with E-state index in [1.807, 2.05) is 0 Å². The molecule has 1 aromatic rings. The fourth-order valence-electron chi connectivity index (χ4n) is 1.35. The lowest BCUT2D eigenvalue weighted by Crippen LogP contribution is -2.30. The summed E-state index contributed by atoms with van der Waals surface area (Å²) in [5, 5.41) is 5.03. The second-order valence-corrected chi connectivity index (χ2v) is 5.59. The Morgan fingerprint density at radius 3 is 2.58 bits per heavy atom. The number of benzene rings is 1. The molecule has 0 aliphatic heterocycles. The van der Waals surface area contributed by atoms with E-state index >= 15 is 0 Å². The molecule has 0 fully saturated rings. The van der Waals surface area contributed by atoms with Gasteiger partial charge in [0.25, 0.3) is 0 Å². The van der Waals surface area contributed by atoms with E-state index in [1.54, 1.807) is 7.05 Å². The Labute approximate surface area is 111 Å². The van der Waals surface area contributed by atoms with Crippen LogP contribution in [0.4, 0.5) is 10.1 Å². The van der Waals surface area contributed by atoms with E-state index in [-0.39, 0.29) is 17.1 Å². The first-order valence-corrected chi connectivity index (χ1v) is 7.06. The predicted octanol–water partition coefficient (Wildman–Crippen LogP) is 0.282. The molecule has 19 heavy (non-hydrogen) atoms. The first-order valence-electron chi connectivity index (χ1n) is 5.58. The highest BCUT2D eigenvalue weighted by Crippen LogP contribution is 2.19. The number of halogens is 1. The summed E-state index contributed by atoms with van der Waals surface area (Å²) in [4.78, 5) is 10.8. The Balaban J connectivity index is 2.97. The van der Waals surface area contributed by atoms with Crippen LogP contribution in [0.3, 0.4) is 0 Å². The van der Waals surface area contributed by atoms with Crippen molar-refractivity contribution in [3.05, 3.63) is 24.0 Å². The molecular formula is C11H16FN3O3S. The second-order valence-electron chi connectivity index (χ2n) is 3.82. The van der Waals surface area contributed by atoms with Gasteiger partial charge in [-0.25, -0.2) is 17.5 Å². The first kappa shape index (κ1) is 15.5. The van der Waals surface area contributed by atoms with E-state index in [0.717, 1.165) is 18.2 Å². The number of likely N-dealkylation sites (N-methyl/N-ethyl adjacent to an activating group) is 1. The summed E-state index contributed by atoms with van der Waals surface area (Å²) in [6, 6.07) is 3.22. The third-order valence-electron chi connectivity index (χ3n) is 2.23. The molecule has 6 nitrogen and oxygen atoms in total. The summed E-state index contributed by atoms with van der Waals surface area (Å²) in [5.41, 5.74) is -0.163. The first-order chi connectivity index (χ1) is 8.86. The highest BCUT2D eigenvalue weighted by Gasteiger charge is 2.16. The summed E-state index contributed by atoms with van der Waals surface area (Å²) >= 11 is 0. The molecule has 0 heterocycles.